The smallest absolute Gasteiger partial charge is 0.462 e. The van der Waals surface area contributed by atoms with Crippen molar-refractivity contribution in [3.63, 3.8) is 0 Å². The van der Waals surface area contributed by atoms with E-state index in [-0.39, 0.29) is 32.6 Å². The van der Waals surface area contributed by atoms with E-state index < -0.39 is 38.6 Å². The summed E-state index contributed by atoms with van der Waals surface area (Å²) >= 11 is 0. The largest absolute Gasteiger partial charge is 0.472 e. The summed E-state index contributed by atoms with van der Waals surface area (Å²) in [5, 5.41) is 9.85. The van der Waals surface area contributed by atoms with Crippen LogP contribution in [0, 0.1) is 0 Å². The van der Waals surface area contributed by atoms with Crippen LogP contribution in [0.1, 0.15) is 162 Å². The zero-order chi connectivity index (χ0) is 37.0. The Bertz CT molecular complexity index is 941. The number of unbranched alkanes of at least 4 members (excludes halogenated alkanes) is 17. The van der Waals surface area contributed by atoms with Crippen molar-refractivity contribution in [2.24, 2.45) is 5.73 Å². The second-order valence-corrected chi connectivity index (χ2v) is 14.4. The van der Waals surface area contributed by atoms with Crippen LogP contribution in [-0.4, -0.2) is 60.5 Å². The molecule has 0 amide bonds. The summed E-state index contributed by atoms with van der Waals surface area (Å²) in [6.07, 6.45) is 33.6. The van der Waals surface area contributed by atoms with Crippen molar-refractivity contribution in [1.29, 1.82) is 0 Å². The molecule has 0 aromatic heterocycles. The molecule has 0 saturated carbocycles. The Balaban J connectivity index is 4.28. The van der Waals surface area contributed by atoms with Gasteiger partial charge in [0.25, 0.3) is 0 Å². The number of phosphoric ester groups is 1. The predicted octanol–water partition coefficient (Wildman–Crippen LogP) is 9.58. The normalized spacial score (nSPS) is 14.4. The van der Waals surface area contributed by atoms with Crippen molar-refractivity contribution in [3.8, 4) is 0 Å². The van der Waals surface area contributed by atoms with Gasteiger partial charge in [0.15, 0.2) is 6.10 Å². The fourth-order valence-corrected chi connectivity index (χ4v) is 5.96. The Hall–Kier alpha value is -1.81. The van der Waals surface area contributed by atoms with Crippen molar-refractivity contribution in [1.82, 2.24) is 0 Å². The molecule has 0 radical (unpaired) electrons. The molecule has 292 valence electrons. The van der Waals surface area contributed by atoms with Crippen molar-refractivity contribution < 1.29 is 42.7 Å². The van der Waals surface area contributed by atoms with Crippen LogP contribution in [0.15, 0.2) is 36.5 Å². The van der Waals surface area contributed by atoms with Crippen LogP contribution >= 0.6 is 7.82 Å². The molecule has 0 saturated heterocycles. The van der Waals surface area contributed by atoms with E-state index in [1.54, 1.807) is 6.08 Å². The topological polar surface area (TPSA) is 155 Å². The second kappa shape index (κ2) is 35.6. The van der Waals surface area contributed by atoms with Crippen LogP contribution in [0.3, 0.4) is 0 Å². The van der Waals surface area contributed by atoms with Gasteiger partial charge in [-0.05, 0) is 38.5 Å². The number of esters is 2. The molecular weight excluding hydrogens is 657 g/mol. The third-order valence-electron chi connectivity index (χ3n) is 8.12. The SMILES string of the molecule is CC/C=C/CC(O)/C=C/C=C/CCCCCCCC(=O)O[C@H](COC(=O)CCCCCCCCCCCCCCC)COP(=O)(O)OCCN. The first-order chi connectivity index (χ1) is 24.2. The van der Waals surface area contributed by atoms with Gasteiger partial charge in [-0.25, -0.2) is 4.57 Å². The molecular formula is C39H72NO9P. The highest BCUT2D eigenvalue weighted by Crippen LogP contribution is 2.43. The Labute approximate surface area is 304 Å². The number of nitrogens with two attached hydrogens (primary N) is 1. The fraction of sp³-hybridized carbons (Fsp3) is 0.795. The minimum atomic E-state index is -4.39. The highest BCUT2D eigenvalue weighted by molar-refractivity contribution is 7.47. The molecule has 0 spiro atoms. The Morgan fingerprint density at radius 3 is 1.84 bits per heavy atom. The Morgan fingerprint density at radius 2 is 1.26 bits per heavy atom. The standard InChI is InChI=1S/C39H72NO9P/c1-3-5-7-8-9-10-11-12-13-16-19-22-26-30-38(42)46-34-37(35-48-50(44,45)47-33-32-40)49-39(43)31-27-23-20-17-14-15-18-21-25-29-36(41)28-24-6-4-2/h6,18,21,24-25,29,36-37,41H,3-5,7-17,19-20,22-23,26-28,30-35,40H2,1-2H3,(H,44,45)/b21-18+,24-6+,29-25+/t36?,37-/m1/s1. The maximum atomic E-state index is 12.5. The maximum absolute atomic E-state index is 12.5. The summed E-state index contributed by atoms with van der Waals surface area (Å²) in [6, 6.07) is 0. The number of aliphatic hydroxyl groups excluding tert-OH is 1. The van der Waals surface area contributed by atoms with Gasteiger partial charge in [0.05, 0.1) is 19.3 Å². The summed E-state index contributed by atoms with van der Waals surface area (Å²) in [7, 11) is -4.39. The van der Waals surface area contributed by atoms with E-state index in [1.807, 2.05) is 24.3 Å². The zero-order valence-electron chi connectivity index (χ0n) is 31.5. The van der Waals surface area contributed by atoms with Gasteiger partial charge in [0.2, 0.25) is 0 Å². The summed E-state index contributed by atoms with van der Waals surface area (Å²) in [6.45, 7) is 3.46. The molecule has 10 nitrogen and oxygen atoms in total. The average Bonchev–Trinajstić information content (AvgIpc) is 3.09. The Morgan fingerprint density at radius 1 is 0.700 bits per heavy atom. The second-order valence-electron chi connectivity index (χ2n) is 13.0. The number of carbonyl (C=O) groups is 2. The van der Waals surface area contributed by atoms with Gasteiger partial charge in [-0.3, -0.25) is 18.6 Å². The number of allylic oxidation sites excluding steroid dienone is 4. The van der Waals surface area contributed by atoms with Gasteiger partial charge >= 0.3 is 19.8 Å². The third-order valence-corrected chi connectivity index (χ3v) is 9.10. The number of hydrogen-bond donors (Lipinski definition) is 3. The van der Waals surface area contributed by atoms with Crippen LogP contribution in [0.5, 0.6) is 0 Å². The van der Waals surface area contributed by atoms with Crippen molar-refractivity contribution in [2.45, 2.75) is 174 Å². The lowest BCUT2D eigenvalue weighted by atomic mass is 10.0. The molecule has 11 heteroatoms. The van der Waals surface area contributed by atoms with Gasteiger partial charge in [0, 0.05) is 19.4 Å². The average molecular weight is 730 g/mol. The van der Waals surface area contributed by atoms with E-state index in [4.69, 9.17) is 24.3 Å². The lowest BCUT2D eigenvalue weighted by Gasteiger charge is -2.19. The number of aliphatic hydroxyl groups is 1. The highest BCUT2D eigenvalue weighted by atomic mass is 31.2. The molecule has 0 fully saturated rings. The molecule has 3 atom stereocenters. The maximum Gasteiger partial charge on any atom is 0.472 e. The molecule has 0 aromatic carbocycles. The van der Waals surface area contributed by atoms with Crippen molar-refractivity contribution in [2.75, 3.05) is 26.4 Å². The van der Waals surface area contributed by atoms with Crippen LogP contribution in [0.2, 0.25) is 0 Å². The number of carbonyl (C=O) groups excluding carboxylic acids is 2. The van der Waals surface area contributed by atoms with E-state index in [9.17, 15) is 24.2 Å². The van der Waals surface area contributed by atoms with E-state index in [2.05, 4.69) is 19.9 Å². The molecule has 0 aliphatic heterocycles. The quantitative estimate of drug-likeness (QED) is 0.0187. The van der Waals surface area contributed by atoms with E-state index in [0.29, 0.717) is 12.8 Å². The molecule has 0 bridgehead atoms. The van der Waals surface area contributed by atoms with Gasteiger partial charge in [-0.15, -0.1) is 0 Å². The van der Waals surface area contributed by atoms with Gasteiger partial charge < -0.3 is 25.2 Å². The summed E-state index contributed by atoms with van der Waals surface area (Å²) in [5.74, 6) is -0.882. The first kappa shape index (κ1) is 48.2. The molecule has 2 unspecified atom stereocenters. The Kier molecular flexibility index (Phi) is 34.3. The van der Waals surface area contributed by atoms with Crippen LogP contribution in [-0.2, 0) is 32.7 Å². The predicted molar refractivity (Wildman–Crippen MR) is 203 cm³/mol. The van der Waals surface area contributed by atoms with Gasteiger partial charge in [-0.1, -0.05) is 147 Å². The first-order valence-corrected chi connectivity index (χ1v) is 21.1. The minimum absolute atomic E-state index is 0.0413. The molecule has 50 heavy (non-hydrogen) atoms. The first-order valence-electron chi connectivity index (χ1n) is 19.6. The third kappa shape index (κ3) is 34.6. The minimum Gasteiger partial charge on any atom is -0.462 e. The van der Waals surface area contributed by atoms with Crippen LogP contribution in [0.4, 0.5) is 0 Å². The van der Waals surface area contributed by atoms with Gasteiger partial charge in [0.1, 0.15) is 6.61 Å². The molecule has 4 N–H and O–H groups in total. The lowest BCUT2D eigenvalue weighted by molar-refractivity contribution is -0.161. The monoisotopic (exact) mass is 729 g/mol. The molecule has 0 aliphatic carbocycles. The van der Waals surface area contributed by atoms with Crippen LogP contribution < -0.4 is 5.73 Å². The lowest BCUT2D eigenvalue weighted by Crippen LogP contribution is -2.29. The number of hydrogen-bond acceptors (Lipinski definition) is 9. The van der Waals surface area contributed by atoms with Crippen LogP contribution in [0.25, 0.3) is 0 Å². The summed E-state index contributed by atoms with van der Waals surface area (Å²) in [5.41, 5.74) is 5.33. The molecule has 0 rings (SSSR count). The molecule has 0 aromatic rings. The van der Waals surface area contributed by atoms with E-state index >= 15 is 0 Å². The van der Waals surface area contributed by atoms with Gasteiger partial charge in [-0.2, -0.15) is 0 Å². The number of ether oxygens (including phenoxy) is 2. The van der Waals surface area contributed by atoms with Crippen molar-refractivity contribution in [3.05, 3.63) is 36.5 Å². The summed E-state index contributed by atoms with van der Waals surface area (Å²) in [4.78, 5) is 34.7. The van der Waals surface area contributed by atoms with E-state index in [1.165, 1.54) is 64.2 Å². The van der Waals surface area contributed by atoms with E-state index in [0.717, 1.165) is 57.8 Å². The van der Waals surface area contributed by atoms with Crippen molar-refractivity contribution >= 4 is 19.8 Å². The highest BCUT2D eigenvalue weighted by Gasteiger charge is 2.26. The molecule has 0 aliphatic rings. The molecule has 0 heterocycles. The fourth-order valence-electron chi connectivity index (χ4n) is 5.20. The number of phosphoric acid groups is 1. The zero-order valence-corrected chi connectivity index (χ0v) is 32.4. The summed E-state index contributed by atoms with van der Waals surface area (Å²) < 4.78 is 32.6. The number of rotatable bonds is 36.